The molecule has 0 aliphatic carbocycles. The van der Waals surface area contributed by atoms with E-state index in [0.717, 1.165) is 16.8 Å². The van der Waals surface area contributed by atoms with E-state index in [1.165, 1.54) is 18.2 Å². The minimum Gasteiger partial charge on any atom is -0.404 e. The third-order valence-corrected chi connectivity index (χ3v) is 3.75. The second-order valence-electron chi connectivity index (χ2n) is 5.91. The normalized spacial score (nSPS) is 12.1. The van der Waals surface area contributed by atoms with Crippen LogP contribution in [0.25, 0.3) is 11.3 Å². The fourth-order valence-electron chi connectivity index (χ4n) is 2.62. The largest absolute Gasteiger partial charge is 0.573 e. The summed E-state index contributed by atoms with van der Waals surface area (Å²) in [5, 5.41) is 7.08. The number of hydrogen-bond acceptors (Lipinski definition) is 3. The fourth-order valence-corrected chi connectivity index (χ4v) is 2.62. The summed E-state index contributed by atoms with van der Waals surface area (Å²) in [6.45, 7) is 0.208. The molecule has 9 heteroatoms. The molecule has 28 heavy (non-hydrogen) atoms. The van der Waals surface area contributed by atoms with Crippen LogP contribution in [0.5, 0.6) is 5.75 Å². The van der Waals surface area contributed by atoms with Gasteiger partial charge in [0.15, 0.2) is 11.7 Å². The minimum absolute atomic E-state index is 0.0407. The van der Waals surface area contributed by atoms with Crippen LogP contribution in [0.3, 0.4) is 0 Å². The topological polar surface area (TPSA) is 77.5 Å². The number of nitrogens with two attached hydrogens (primary N) is 1. The highest BCUT2D eigenvalue weighted by molar-refractivity contribution is 5.93. The first-order valence-electron chi connectivity index (χ1n) is 8.31. The van der Waals surface area contributed by atoms with Gasteiger partial charge >= 0.3 is 6.36 Å². The average Bonchev–Trinajstić information content (AvgIpc) is 3.02. The lowest BCUT2D eigenvalue weighted by atomic mass is 10.1. The smallest absolute Gasteiger partial charge is 0.404 e. The molecule has 146 valence electrons. The Morgan fingerprint density at radius 2 is 1.82 bits per heavy atom. The standard InChI is InChI=1S/C19H18F3N5O/c1-27-12-14(17(26-27)13-7-3-2-4-8-13)11-24-18(23)25-15-9-5-6-10-16(15)28-19(20,21)22/h2-10,12H,11H2,1H3,(H3,23,24,25). The molecule has 3 N–H and O–H groups in total. The number of anilines is 1. The van der Waals surface area contributed by atoms with Crippen LogP contribution >= 0.6 is 0 Å². The number of benzene rings is 2. The van der Waals surface area contributed by atoms with Crippen molar-refractivity contribution in [3.63, 3.8) is 0 Å². The van der Waals surface area contributed by atoms with E-state index in [1.807, 2.05) is 36.5 Å². The number of ether oxygens (including phenoxy) is 1. The number of hydrogen-bond donors (Lipinski definition) is 2. The van der Waals surface area contributed by atoms with Gasteiger partial charge < -0.3 is 15.8 Å². The zero-order valence-corrected chi connectivity index (χ0v) is 14.9. The molecule has 3 rings (SSSR count). The van der Waals surface area contributed by atoms with Crippen molar-refractivity contribution in [3.8, 4) is 17.0 Å². The minimum atomic E-state index is -4.80. The number of nitrogens with zero attached hydrogens (tertiary/aromatic N) is 3. The van der Waals surface area contributed by atoms with Gasteiger partial charge in [0.2, 0.25) is 0 Å². The molecule has 0 bridgehead atoms. The zero-order valence-electron chi connectivity index (χ0n) is 14.9. The lowest BCUT2D eigenvalue weighted by Crippen LogP contribution is -2.24. The Kier molecular flexibility index (Phi) is 5.53. The van der Waals surface area contributed by atoms with Gasteiger partial charge in [-0.15, -0.1) is 13.2 Å². The molecule has 0 saturated carbocycles. The summed E-state index contributed by atoms with van der Waals surface area (Å²) >= 11 is 0. The SMILES string of the molecule is Cn1cc(CN=C(N)Nc2ccccc2OC(F)(F)F)c(-c2ccccc2)n1. The zero-order chi connectivity index (χ0) is 20.1. The maximum Gasteiger partial charge on any atom is 0.573 e. The predicted octanol–water partition coefficient (Wildman–Crippen LogP) is 3.91. The molecule has 0 saturated heterocycles. The quantitative estimate of drug-likeness (QED) is 0.512. The molecule has 0 fully saturated rings. The number of aryl methyl sites for hydroxylation is 1. The highest BCUT2D eigenvalue weighted by atomic mass is 19.4. The van der Waals surface area contributed by atoms with Gasteiger partial charge in [-0.1, -0.05) is 42.5 Å². The van der Waals surface area contributed by atoms with E-state index in [1.54, 1.807) is 17.8 Å². The van der Waals surface area contributed by atoms with Gasteiger partial charge in [-0.2, -0.15) is 5.10 Å². The van der Waals surface area contributed by atoms with Gasteiger partial charge in [-0.25, -0.2) is 4.99 Å². The number of rotatable bonds is 5. The predicted molar refractivity (Wildman–Crippen MR) is 101 cm³/mol. The van der Waals surface area contributed by atoms with Gasteiger partial charge in [0.25, 0.3) is 0 Å². The summed E-state index contributed by atoms with van der Waals surface area (Å²) in [5.74, 6) is -0.430. The summed E-state index contributed by atoms with van der Waals surface area (Å²) in [4.78, 5) is 4.22. The molecule has 3 aromatic rings. The van der Waals surface area contributed by atoms with Crippen LogP contribution in [0.4, 0.5) is 18.9 Å². The molecule has 0 aliphatic heterocycles. The Bertz CT molecular complexity index is 967. The summed E-state index contributed by atoms with van der Waals surface area (Å²) in [7, 11) is 1.80. The van der Waals surface area contributed by atoms with Crippen molar-refractivity contribution in [2.45, 2.75) is 12.9 Å². The summed E-state index contributed by atoms with van der Waals surface area (Å²) in [5.41, 5.74) is 8.45. The number of guanidine groups is 1. The van der Waals surface area contributed by atoms with E-state index in [0.29, 0.717) is 0 Å². The van der Waals surface area contributed by atoms with E-state index < -0.39 is 6.36 Å². The van der Waals surface area contributed by atoms with Crippen molar-refractivity contribution in [1.29, 1.82) is 0 Å². The summed E-state index contributed by atoms with van der Waals surface area (Å²) < 4.78 is 43.2. The molecule has 0 amide bonds. The Morgan fingerprint density at radius 1 is 1.14 bits per heavy atom. The molecule has 0 radical (unpaired) electrons. The summed E-state index contributed by atoms with van der Waals surface area (Å²) in [6, 6.07) is 15.2. The maximum atomic E-state index is 12.5. The van der Waals surface area contributed by atoms with Gasteiger partial charge in [-0.3, -0.25) is 4.68 Å². The Morgan fingerprint density at radius 3 is 2.54 bits per heavy atom. The molecule has 0 aliphatic rings. The first-order valence-corrected chi connectivity index (χ1v) is 8.31. The molecule has 0 atom stereocenters. The Labute approximate surface area is 159 Å². The molecule has 1 aromatic heterocycles. The van der Waals surface area contributed by atoms with Crippen molar-refractivity contribution in [3.05, 3.63) is 66.4 Å². The van der Waals surface area contributed by atoms with Crippen LogP contribution in [-0.2, 0) is 13.6 Å². The second kappa shape index (κ2) is 8.03. The van der Waals surface area contributed by atoms with Gasteiger partial charge in [-0.05, 0) is 12.1 Å². The van der Waals surface area contributed by atoms with Crippen molar-refractivity contribution < 1.29 is 17.9 Å². The molecular formula is C19H18F3N5O. The van der Waals surface area contributed by atoms with Crippen LogP contribution in [0, 0.1) is 0 Å². The van der Waals surface area contributed by atoms with Crippen LogP contribution in [0.15, 0.2) is 65.8 Å². The van der Waals surface area contributed by atoms with Gasteiger partial charge in [0.05, 0.1) is 17.9 Å². The average molecular weight is 389 g/mol. The Hall–Kier alpha value is -3.49. The van der Waals surface area contributed by atoms with E-state index in [-0.39, 0.29) is 23.9 Å². The molecule has 1 heterocycles. The maximum absolute atomic E-state index is 12.5. The second-order valence-corrected chi connectivity index (χ2v) is 5.91. The number of alkyl halides is 3. The fraction of sp³-hybridized carbons (Fsp3) is 0.158. The van der Waals surface area contributed by atoms with E-state index in [9.17, 15) is 13.2 Å². The highest BCUT2D eigenvalue weighted by Gasteiger charge is 2.32. The van der Waals surface area contributed by atoms with Crippen LogP contribution in [-0.4, -0.2) is 22.1 Å². The number of nitrogens with one attached hydrogen (secondary N) is 1. The number of aromatic nitrogens is 2. The van der Waals surface area contributed by atoms with Crippen LogP contribution in [0.2, 0.25) is 0 Å². The third kappa shape index (κ3) is 5.03. The van der Waals surface area contributed by atoms with Gasteiger partial charge in [0.1, 0.15) is 0 Å². The monoisotopic (exact) mass is 389 g/mol. The molecule has 6 nitrogen and oxygen atoms in total. The van der Waals surface area contributed by atoms with Crippen molar-refractivity contribution in [1.82, 2.24) is 9.78 Å². The van der Waals surface area contributed by atoms with E-state index >= 15 is 0 Å². The first-order chi connectivity index (χ1) is 13.3. The molecule has 0 unspecified atom stereocenters. The first kappa shape index (κ1) is 19.3. The molecule has 0 spiro atoms. The van der Waals surface area contributed by atoms with Crippen molar-refractivity contribution >= 4 is 11.6 Å². The van der Waals surface area contributed by atoms with Crippen LogP contribution in [0.1, 0.15) is 5.56 Å². The molecular weight excluding hydrogens is 371 g/mol. The van der Waals surface area contributed by atoms with E-state index in [2.05, 4.69) is 20.1 Å². The van der Waals surface area contributed by atoms with E-state index in [4.69, 9.17) is 5.73 Å². The lowest BCUT2D eigenvalue weighted by molar-refractivity contribution is -0.274. The van der Waals surface area contributed by atoms with Gasteiger partial charge in [0, 0.05) is 24.4 Å². The number of para-hydroxylation sites is 2. The Balaban J connectivity index is 1.77. The molecule has 2 aromatic carbocycles. The summed E-state index contributed by atoms with van der Waals surface area (Å²) in [6.07, 6.45) is -2.98. The number of halogens is 3. The highest BCUT2D eigenvalue weighted by Crippen LogP contribution is 2.29. The number of aliphatic imine (C=N–C) groups is 1. The van der Waals surface area contributed by atoms with Crippen molar-refractivity contribution in [2.75, 3.05) is 5.32 Å². The van der Waals surface area contributed by atoms with Crippen molar-refractivity contribution in [2.24, 2.45) is 17.8 Å². The van der Waals surface area contributed by atoms with Crippen LogP contribution < -0.4 is 15.8 Å². The third-order valence-electron chi connectivity index (χ3n) is 3.75. The lowest BCUT2D eigenvalue weighted by Gasteiger charge is -2.14.